The fraction of sp³-hybridized carbons (Fsp3) is 0.909. The average molecular weight is 184 g/mol. The van der Waals surface area contributed by atoms with Gasteiger partial charge >= 0.3 is 5.97 Å². The Morgan fingerprint density at radius 2 is 2.15 bits per heavy atom. The molecule has 0 aromatic heterocycles. The number of hydrogen-bond donors (Lipinski definition) is 0. The summed E-state index contributed by atoms with van der Waals surface area (Å²) in [6.45, 7) is 6.43. The quantitative estimate of drug-likeness (QED) is 0.496. The lowest BCUT2D eigenvalue weighted by molar-refractivity contribution is -0.142. The number of esters is 1. The maximum Gasteiger partial charge on any atom is 0.306 e. The fourth-order valence-corrected chi connectivity index (χ4v) is 1.88. The van der Waals surface area contributed by atoms with Gasteiger partial charge in [-0.1, -0.05) is 33.6 Å². The highest BCUT2D eigenvalue weighted by Gasteiger charge is 2.40. The molecule has 13 heavy (non-hydrogen) atoms. The molecule has 2 heteroatoms. The van der Waals surface area contributed by atoms with E-state index in [9.17, 15) is 4.79 Å². The van der Waals surface area contributed by atoms with Crippen molar-refractivity contribution in [3.63, 3.8) is 0 Å². The Balaban J connectivity index is 2.36. The van der Waals surface area contributed by atoms with E-state index >= 15 is 0 Å². The Labute approximate surface area is 80.7 Å². The second-order valence-electron chi connectivity index (χ2n) is 4.64. The minimum absolute atomic E-state index is 0.0218. The van der Waals surface area contributed by atoms with Crippen LogP contribution in [0.2, 0.25) is 0 Å². The molecular weight excluding hydrogens is 164 g/mol. The van der Waals surface area contributed by atoms with Crippen molar-refractivity contribution in [2.75, 3.05) is 0 Å². The molecule has 0 spiro atoms. The summed E-state index contributed by atoms with van der Waals surface area (Å²) in [6, 6.07) is 0. The van der Waals surface area contributed by atoms with Crippen molar-refractivity contribution in [2.45, 2.75) is 59.0 Å². The van der Waals surface area contributed by atoms with Gasteiger partial charge in [0.25, 0.3) is 0 Å². The van der Waals surface area contributed by atoms with Crippen LogP contribution >= 0.6 is 0 Å². The van der Waals surface area contributed by atoms with Crippen LogP contribution in [0.5, 0.6) is 0 Å². The zero-order valence-corrected chi connectivity index (χ0v) is 8.93. The molecule has 1 saturated heterocycles. The molecule has 1 unspecified atom stereocenters. The lowest BCUT2D eigenvalue weighted by atomic mass is 9.83. The van der Waals surface area contributed by atoms with Gasteiger partial charge in [0.05, 0.1) is 6.42 Å². The SMILES string of the molecule is CCCCCC1OC(=O)CC1(C)C. The third-order valence-electron chi connectivity index (χ3n) is 2.82. The number of cyclic esters (lactones) is 1. The highest BCUT2D eigenvalue weighted by molar-refractivity contribution is 5.72. The van der Waals surface area contributed by atoms with Crippen LogP contribution in [0.15, 0.2) is 0 Å². The lowest BCUT2D eigenvalue weighted by Gasteiger charge is -2.23. The summed E-state index contributed by atoms with van der Waals surface area (Å²) < 4.78 is 5.28. The molecule has 76 valence electrons. The Kier molecular flexibility index (Phi) is 3.34. The Morgan fingerprint density at radius 3 is 2.62 bits per heavy atom. The van der Waals surface area contributed by atoms with Gasteiger partial charge in [0.2, 0.25) is 0 Å². The van der Waals surface area contributed by atoms with E-state index in [1.807, 2.05) is 0 Å². The first-order valence-electron chi connectivity index (χ1n) is 5.26. The van der Waals surface area contributed by atoms with E-state index in [-0.39, 0.29) is 17.5 Å². The smallest absolute Gasteiger partial charge is 0.306 e. The Morgan fingerprint density at radius 1 is 1.46 bits per heavy atom. The molecule has 0 aromatic carbocycles. The summed E-state index contributed by atoms with van der Waals surface area (Å²) in [6.07, 6.45) is 5.42. The maximum atomic E-state index is 11.1. The summed E-state index contributed by atoms with van der Waals surface area (Å²) in [5.74, 6) is -0.0218. The van der Waals surface area contributed by atoms with Crippen molar-refractivity contribution >= 4 is 5.97 Å². The normalized spacial score (nSPS) is 26.1. The molecule has 1 atom stereocenters. The first kappa shape index (κ1) is 10.6. The van der Waals surface area contributed by atoms with Crippen LogP contribution in [0.25, 0.3) is 0 Å². The molecular formula is C11H20O2. The summed E-state index contributed by atoms with van der Waals surface area (Å²) in [4.78, 5) is 11.1. The van der Waals surface area contributed by atoms with E-state index in [0.717, 1.165) is 6.42 Å². The third-order valence-corrected chi connectivity index (χ3v) is 2.82. The first-order valence-corrected chi connectivity index (χ1v) is 5.26. The second kappa shape index (κ2) is 4.12. The molecule has 1 fully saturated rings. The molecule has 1 aliphatic rings. The summed E-state index contributed by atoms with van der Waals surface area (Å²) in [7, 11) is 0. The molecule has 0 aromatic rings. The Hall–Kier alpha value is -0.530. The van der Waals surface area contributed by atoms with Gasteiger partial charge in [-0.2, -0.15) is 0 Å². The van der Waals surface area contributed by atoms with E-state index in [1.54, 1.807) is 0 Å². The number of rotatable bonds is 4. The van der Waals surface area contributed by atoms with Gasteiger partial charge < -0.3 is 4.74 Å². The van der Waals surface area contributed by atoms with E-state index in [0.29, 0.717) is 6.42 Å². The zero-order chi connectivity index (χ0) is 9.90. The molecule has 0 aliphatic carbocycles. The molecule has 0 N–H and O–H groups in total. The first-order chi connectivity index (χ1) is 6.06. The van der Waals surface area contributed by atoms with Gasteiger partial charge in [-0.15, -0.1) is 0 Å². The number of hydrogen-bond acceptors (Lipinski definition) is 2. The molecule has 0 saturated carbocycles. The van der Waals surface area contributed by atoms with Crippen molar-refractivity contribution < 1.29 is 9.53 Å². The molecule has 1 rings (SSSR count). The molecule has 0 radical (unpaired) electrons. The number of carbonyl (C=O) groups excluding carboxylic acids is 1. The van der Waals surface area contributed by atoms with Crippen LogP contribution < -0.4 is 0 Å². The standard InChI is InChI=1S/C11H20O2/c1-4-5-6-7-9-11(2,3)8-10(12)13-9/h9H,4-8H2,1-3H3. The minimum atomic E-state index is -0.0218. The van der Waals surface area contributed by atoms with Gasteiger partial charge in [0, 0.05) is 5.41 Å². The van der Waals surface area contributed by atoms with Crippen molar-refractivity contribution in [2.24, 2.45) is 5.41 Å². The van der Waals surface area contributed by atoms with E-state index in [1.165, 1.54) is 19.3 Å². The van der Waals surface area contributed by atoms with Crippen LogP contribution in [-0.4, -0.2) is 12.1 Å². The van der Waals surface area contributed by atoms with E-state index in [4.69, 9.17) is 4.74 Å². The van der Waals surface area contributed by atoms with E-state index in [2.05, 4.69) is 20.8 Å². The van der Waals surface area contributed by atoms with Gasteiger partial charge in [-0.3, -0.25) is 4.79 Å². The Bertz CT molecular complexity index is 185. The highest BCUT2D eigenvalue weighted by Crippen LogP contribution is 2.37. The molecule has 1 aliphatic heterocycles. The van der Waals surface area contributed by atoms with Gasteiger partial charge in [-0.25, -0.2) is 0 Å². The summed E-state index contributed by atoms with van der Waals surface area (Å²) in [5.41, 5.74) is 0.0603. The highest BCUT2D eigenvalue weighted by atomic mass is 16.6. The largest absolute Gasteiger partial charge is 0.462 e. The van der Waals surface area contributed by atoms with Crippen LogP contribution in [0, 0.1) is 5.41 Å². The average Bonchev–Trinajstić information content (AvgIpc) is 2.25. The minimum Gasteiger partial charge on any atom is -0.462 e. The number of unbranched alkanes of at least 4 members (excludes halogenated alkanes) is 2. The molecule has 1 heterocycles. The van der Waals surface area contributed by atoms with Gasteiger partial charge in [0.15, 0.2) is 0 Å². The zero-order valence-electron chi connectivity index (χ0n) is 8.93. The van der Waals surface area contributed by atoms with Crippen LogP contribution in [0.3, 0.4) is 0 Å². The number of carbonyl (C=O) groups is 1. The van der Waals surface area contributed by atoms with Crippen LogP contribution in [0.1, 0.15) is 52.9 Å². The molecule has 2 nitrogen and oxygen atoms in total. The number of ether oxygens (including phenoxy) is 1. The lowest BCUT2D eigenvalue weighted by Crippen LogP contribution is -2.24. The van der Waals surface area contributed by atoms with Gasteiger partial charge in [0.1, 0.15) is 6.10 Å². The summed E-state index contributed by atoms with van der Waals surface area (Å²) >= 11 is 0. The fourth-order valence-electron chi connectivity index (χ4n) is 1.88. The second-order valence-corrected chi connectivity index (χ2v) is 4.64. The van der Waals surface area contributed by atoms with Gasteiger partial charge in [-0.05, 0) is 12.8 Å². The van der Waals surface area contributed by atoms with Crippen LogP contribution in [-0.2, 0) is 9.53 Å². The maximum absolute atomic E-state index is 11.1. The summed E-state index contributed by atoms with van der Waals surface area (Å²) in [5, 5.41) is 0. The van der Waals surface area contributed by atoms with Crippen LogP contribution in [0.4, 0.5) is 0 Å². The van der Waals surface area contributed by atoms with E-state index < -0.39 is 0 Å². The van der Waals surface area contributed by atoms with Crippen molar-refractivity contribution in [3.05, 3.63) is 0 Å². The molecule has 0 bridgehead atoms. The van der Waals surface area contributed by atoms with Crippen molar-refractivity contribution in [1.29, 1.82) is 0 Å². The van der Waals surface area contributed by atoms with Crippen molar-refractivity contribution in [3.8, 4) is 0 Å². The monoisotopic (exact) mass is 184 g/mol. The predicted molar refractivity (Wildman–Crippen MR) is 52.4 cm³/mol. The van der Waals surface area contributed by atoms with Crippen molar-refractivity contribution in [1.82, 2.24) is 0 Å². The third kappa shape index (κ3) is 2.71. The molecule has 0 amide bonds. The predicted octanol–water partition coefficient (Wildman–Crippen LogP) is 2.91. The topological polar surface area (TPSA) is 26.3 Å².